The SMILES string of the molecule is CC(C)c1ccc(C(C)NCC2CCSCC2)cc1. The van der Waals surface area contributed by atoms with E-state index in [2.05, 4.69) is 62.1 Å². The standard InChI is InChI=1S/C17H27NS/c1-13(2)16-4-6-17(7-5-16)14(3)18-12-15-8-10-19-11-9-15/h4-7,13-15,18H,8-12H2,1-3H3. The Morgan fingerprint density at radius 2 is 1.63 bits per heavy atom. The second-order valence-electron chi connectivity index (χ2n) is 6.01. The zero-order chi connectivity index (χ0) is 13.7. The number of hydrogen-bond acceptors (Lipinski definition) is 2. The largest absolute Gasteiger partial charge is 0.310 e. The van der Waals surface area contributed by atoms with Crippen molar-refractivity contribution >= 4 is 11.8 Å². The molecular formula is C17H27NS. The zero-order valence-electron chi connectivity index (χ0n) is 12.5. The van der Waals surface area contributed by atoms with Crippen LogP contribution < -0.4 is 5.32 Å². The molecule has 0 bridgehead atoms. The summed E-state index contributed by atoms with van der Waals surface area (Å²) >= 11 is 2.11. The molecular weight excluding hydrogens is 250 g/mol. The monoisotopic (exact) mass is 277 g/mol. The van der Waals surface area contributed by atoms with Crippen LogP contribution in [0.2, 0.25) is 0 Å². The van der Waals surface area contributed by atoms with Crippen LogP contribution in [0, 0.1) is 5.92 Å². The van der Waals surface area contributed by atoms with Crippen molar-refractivity contribution in [1.29, 1.82) is 0 Å². The lowest BCUT2D eigenvalue weighted by atomic mass is 9.98. The molecule has 0 aromatic heterocycles. The second kappa shape index (κ2) is 7.35. The van der Waals surface area contributed by atoms with Crippen molar-refractivity contribution in [2.75, 3.05) is 18.1 Å². The Bertz CT molecular complexity index is 365. The van der Waals surface area contributed by atoms with Gasteiger partial charge in [-0.05, 0) is 60.8 Å². The predicted octanol–water partition coefficient (Wildman–Crippen LogP) is 4.60. The van der Waals surface area contributed by atoms with Crippen molar-refractivity contribution in [2.24, 2.45) is 5.92 Å². The molecule has 106 valence electrons. The van der Waals surface area contributed by atoms with E-state index < -0.39 is 0 Å². The highest BCUT2D eigenvalue weighted by atomic mass is 32.2. The van der Waals surface area contributed by atoms with Crippen LogP contribution in [0.4, 0.5) is 0 Å². The summed E-state index contributed by atoms with van der Waals surface area (Å²) in [4.78, 5) is 0. The average molecular weight is 277 g/mol. The first-order chi connectivity index (χ1) is 9.16. The van der Waals surface area contributed by atoms with Crippen LogP contribution >= 0.6 is 11.8 Å². The van der Waals surface area contributed by atoms with E-state index in [-0.39, 0.29) is 0 Å². The topological polar surface area (TPSA) is 12.0 Å². The minimum atomic E-state index is 0.468. The van der Waals surface area contributed by atoms with Gasteiger partial charge in [0.05, 0.1) is 0 Å². The van der Waals surface area contributed by atoms with Crippen LogP contribution in [0.5, 0.6) is 0 Å². The first-order valence-electron chi connectivity index (χ1n) is 7.58. The van der Waals surface area contributed by atoms with E-state index in [0.717, 1.165) is 5.92 Å². The van der Waals surface area contributed by atoms with Gasteiger partial charge in [0.25, 0.3) is 0 Å². The van der Waals surface area contributed by atoms with Gasteiger partial charge in [-0.25, -0.2) is 0 Å². The van der Waals surface area contributed by atoms with Gasteiger partial charge in [-0.1, -0.05) is 38.1 Å². The number of rotatable bonds is 5. The van der Waals surface area contributed by atoms with Crippen molar-refractivity contribution in [2.45, 2.75) is 45.6 Å². The molecule has 1 nitrogen and oxygen atoms in total. The fourth-order valence-corrected chi connectivity index (χ4v) is 3.79. The summed E-state index contributed by atoms with van der Waals surface area (Å²) in [6.45, 7) is 7.95. The van der Waals surface area contributed by atoms with Crippen molar-refractivity contribution in [3.63, 3.8) is 0 Å². The number of thioether (sulfide) groups is 1. The Morgan fingerprint density at radius 1 is 1.05 bits per heavy atom. The Morgan fingerprint density at radius 3 is 2.21 bits per heavy atom. The molecule has 1 aliphatic rings. The molecule has 0 saturated carbocycles. The Labute approximate surface area is 122 Å². The third-order valence-corrected chi connectivity index (χ3v) is 5.21. The molecule has 1 unspecified atom stereocenters. The predicted molar refractivity (Wildman–Crippen MR) is 87.0 cm³/mol. The maximum absolute atomic E-state index is 3.71. The van der Waals surface area contributed by atoms with Gasteiger partial charge in [-0.15, -0.1) is 0 Å². The van der Waals surface area contributed by atoms with Crippen LogP contribution in [-0.2, 0) is 0 Å². The molecule has 19 heavy (non-hydrogen) atoms. The van der Waals surface area contributed by atoms with Crippen LogP contribution in [0.25, 0.3) is 0 Å². The summed E-state index contributed by atoms with van der Waals surface area (Å²) in [5.41, 5.74) is 2.84. The van der Waals surface area contributed by atoms with E-state index >= 15 is 0 Å². The molecule has 1 aliphatic heterocycles. The molecule has 1 heterocycles. The zero-order valence-corrected chi connectivity index (χ0v) is 13.3. The van der Waals surface area contributed by atoms with E-state index in [1.54, 1.807) is 0 Å². The number of hydrogen-bond donors (Lipinski definition) is 1. The van der Waals surface area contributed by atoms with Crippen molar-refractivity contribution < 1.29 is 0 Å². The molecule has 1 aromatic rings. The summed E-state index contributed by atoms with van der Waals surface area (Å²) < 4.78 is 0. The van der Waals surface area contributed by atoms with Gasteiger partial charge in [0.15, 0.2) is 0 Å². The second-order valence-corrected chi connectivity index (χ2v) is 7.23. The average Bonchev–Trinajstić information content (AvgIpc) is 2.46. The van der Waals surface area contributed by atoms with Crippen LogP contribution in [-0.4, -0.2) is 18.1 Å². The summed E-state index contributed by atoms with van der Waals surface area (Å²) in [6.07, 6.45) is 2.77. The lowest BCUT2D eigenvalue weighted by molar-refractivity contribution is 0.421. The molecule has 1 N–H and O–H groups in total. The van der Waals surface area contributed by atoms with E-state index in [1.165, 1.54) is 42.0 Å². The van der Waals surface area contributed by atoms with Gasteiger partial charge in [0.1, 0.15) is 0 Å². The maximum atomic E-state index is 3.71. The first-order valence-corrected chi connectivity index (χ1v) is 8.73. The summed E-state index contributed by atoms with van der Waals surface area (Å²) in [7, 11) is 0. The molecule has 2 rings (SSSR count). The maximum Gasteiger partial charge on any atom is 0.0291 e. The minimum Gasteiger partial charge on any atom is -0.310 e. The Balaban J connectivity index is 1.83. The third-order valence-electron chi connectivity index (χ3n) is 4.16. The van der Waals surface area contributed by atoms with Crippen LogP contribution in [0.3, 0.4) is 0 Å². The van der Waals surface area contributed by atoms with Crippen LogP contribution in [0.15, 0.2) is 24.3 Å². The smallest absolute Gasteiger partial charge is 0.0291 e. The lowest BCUT2D eigenvalue weighted by Gasteiger charge is -2.24. The van der Waals surface area contributed by atoms with Gasteiger partial charge < -0.3 is 5.32 Å². The molecule has 1 atom stereocenters. The van der Waals surface area contributed by atoms with E-state index in [9.17, 15) is 0 Å². The van der Waals surface area contributed by atoms with Gasteiger partial charge >= 0.3 is 0 Å². The normalized spacial score (nSPS) is 18.7. The van der Waals surface area contributed by atoms with Gasteiger partial charge in [0.2, 0.25) is 0 Å². The molecule has 0 radical (unpaired) electrons. The molecule has 1 aromatic carbocycles. The number of benzene rings is 1. The van der Waals surface area contributed by atoms with Crippen LogP contribution in [0.1, 0.15) is 56.7 Å². The summed E-state index contributed by atoms with van der Waals surface area (Å²) in [6, 6.07) is 9.58. The Hall–Kier alpha value is -0.470. The highest BCUT2D eigenvalue weighted by Gasteiger charge is 2.14. The summed E-state index contributed by atoms with van der Waals surface area (Å²) in [5, 5.41) is 3.71. The van der Waals surface area contributed by atoms with E-state index in [4.69, 9.17) is 0 Å². The Kier molecular flexibility index (Phi) is 5.77. The molecule has 2 heteroatoms. The van der Waals surface area contributed by atoms with E-state index in [1.807, 2.05) is 0 Å². The summed E-state index contributed by atoms with van der Waals surface area (Å²) in [5.74, 6) is 4.21. The molecule has 0 aliphatic carbocycles. The van der Waals surface area contributed by atoms with E-state index in [0.29, 0.717) is 12.0 Å². The van der Waals surface area contributed by atoms with Crippen molar-refractivity contribution in [3.05, 3.63) is 35.4 Å². The van der Waals surface area contributed by atoms with Crippen molar-refractivity contribution in [1.82, 2.24) is 5.32 Å². The molecule has 1 saturated heterocycles. The fraction of sp³-hybridized carbons (Fsp3) is 0.647. The highest BCUT2D eigenvalue weighted by Crippen LogP contribution is 2.23. The minimum absolute atomic E-state index is 0.468. The quantitative estimate of drug-likeness (QED) is 0.844. The van der Waals surface area contributed by atoms with Gasteiger partial charge in [0, 0.05) is 6.04 Å². The van der Waals surface area contributed by atoms with Gasteiger partial charge in [-0.3, -0.25) is 0 Å². The van der Waals surface area contributed by atoms with Gasteiger partial charge in [-0.2, -0.15) is 11.8 Å². The van der Waals surface area contributed by atoms with Crippen molar-refractivity contribution in [3.8, 4) is 0 Å². The molecule has 0 spiro atoms. The number of nitrogens with one attached hydrogen (secondary N) is 1. The fourth-order valence-electron chi connectivity index (χ4n) is 2.58. The molecule has 0 amide bonds. The third kappa shape index (κ3) is 4.54. The molecule has 1 fully saturated rings. The highest BCUT2D eigenvalue weighted by molar-refractivity contribution is 7.99. The lowest BCUT2D eigenvalue weighted by Crippen LogP contribution is -2.28. The first kappa shape index (κ1) is 14.9.